The summed E-state index contributed by atoms with van der Waals surface area (Å²) in [4.78, 5) is 10.3. The van der Waals surface area contributed by atoms with E-state index in [1.54, 1.807) is 24.9 Å². The number of allylic oxidation sites excluding steroid dienone is 1. The third-order valence-corrected chi connectivity index (χ3v) is 1.65. The average Bonchev–Trinajstić information content (AvgIpc) is 3.11. The van der Waals surface area contributed by atoms with Gasteiger partial charge in [-0.05, 0) is 6.08 Å². The molecule has 0 fully saturated rings. The largest absolute Gasteiger partial charge is 0.351 e. The summed E-state index contributed by atoms with van der Waals surface area (Å²) < 4.78 is 0. The quantitative estimate of drug-likeness (QED) is 0.816. The van der Waals surface area contributed by atoms with Crippen LogP contribution in [-0.2, 0) is 0 Å². The number of imidazole rings is 1. The zero-order valence-corrected chi connectivity index (χ0v) is 12.4. The van der Waals surface area contributed by atoms with Gasteiger partial charge in [0, 0.05) is 18.6 Å². The first kappa shape index (κ1) is 19.0. The third-order valence-electron chi connectivity index (χ3n) is 1.65. The fourth-order valence-corrected chi connectivity index (χ4v) is 0.873. The molecule has 1 aromatic heterocycles. The van der Waals surface area contributed by atoms with Crippen LogP contribution in [0.2, 0.25) is 0 Å². The van der Waals surface area contributed by atoms with Crippen LogP contribution in [0.3, 0.4) is 0 Å². The van der Waals surface area contributed by atoms with E-state index in [0.717, 1.165) is 6.54 Å². The molecule has 0 atom stereocenters. The molecule has 0 amide bonds. The molecule has 0 aromatic carbocycles. The Labute approximate surface area is 112 Å². The summed E-state index contributed by atoms with van der Waals surface area (Å²) >= 11 is 0. The minimum atomic E-state index is 0.889. The normalized spacial score (nSPS) is 10.4. The van der Waals surface area contributed by atoms with E-state index in [9.17, 15) is 0 Å². The number of hydrogen-bond acceptors (Lipinski definition) is 2. The van der Waals surface area contributed by atoms with Gasteiger partial charge in [0.1, 0.15) is 0 Å². The molecule has 2 rings (SSSR count). The summed E-state index contributed by atoms with van der Waals surface area (Å²) in [7, 11) is 0. The standard InChI is InChI=1S/C5H12.C4H5N.C3H4N2.C3H8/c1-3-5-4-2;1-2-4-5-3-1;1-2-5-3-4-1;1-3-2/h3-5H2,1-2H3;1-3H,4H2;1-3H,(H,4,5);3H2,1-2H3. The topological polar surface area (TPSA) is 41.0 Å². The summed E-state index contributed by atoms with van der Waals surface area (Å²) in [6, 6.07) is 0. The van der Waals surface area contributed by atoms with Gasteiger partial charge in [-0.2, -0.15) is 0 Å². The van der Waals surface area contributed by atoms with Crippen LogP contribution >= 0.6 is 0 Å². The van der Waals surface area contributed by atoms with E-state index in [2.05, 4.69) is 42.7 Å². The van der Waals surface area contributed by atoms with Gasteiger partial charge in [-0.15, -0.1) is 0 Å². The Kier molecular flexibility index (Phi) is 22.1. The Morgan fingerprint density at radius 2 is 1.78 bits per heavy atom. The number of aliphatic imine (C=N–C) groups is 1. The summed E-state index contributed by atoms with van der Waals surface area (Å²) in [6.45, 7) is 9.56. The van der Waals surface area contributed by atoms with Crippen molar-refractivity contribution in [1.29, 1.82) is 0 Å². The van der Waals surface area contributed by atoms with E-state index in [4.69, 9.17) is 0 Å². The van der Waals surface area contributed by atoms with E-state index in [0.29, 0.717) is 0 Å². The molecule has 18 heavy (non-hydrogen) atoms. The summed E-state index contributed by atoms with van der Waals surface area (Å²) in [5.41, 5.74) is 0. The van der Waals surface area contributed by atoms with Gasteiger partial charge in [0.2, 0.25) is 0 Å². The Morgan fingerprint density at radius 1 is 1.11 bits per heavy atom. The number of hydrogen-bond donors (Lipinski definition) is 1. The second-order valence-electron chi connectivity index (χ2n) is 3.76. The van der Waals surface area contributed by atoms with Crippen molar-refractivity contribution in [3.8, 4) is 0 Å². The molecule has 0 saturated heterocycles. The number of nitrogens with one attached hydrogen (secondary N) is 1. The zero-order valence-electron chi connectivity index (χ0n) is 12.4. The second kappa shape index (κ2) is 21.0. The lowest BCUT2D eigenvalue weighted by Gasteiger charge is -1.79. The van der Waals surface area contributed by atoms with Gasteiger partial charge >= 0.3 is 0 Å². The van der Waals surface area contributed by atoms with Crippen LogP contribution < -0.4 is 0 Å². The van der Waals surface area contributed by atoms with E-state index >= 15 is 0 Å². The van der Waals surface area contributed by atoms with Crippen LogP contribution in [-0.4, -0.2) is 22.7 Å². The number of H-pyrrole nitrogens is 1. The zero-order chi connectivity index (χ0) is 13.9. The fraction of sp³-hybridized carbons (Fsp3) is 0.600. The summed E-state index contributed by atoms with van der Waals surface area (Å²) in [5, 5.41) is 0. The molecule has 3 heteroatoms. The maximum atomic E-state index is 3.85. The van der Waals surface area contributed by atoms with Gasteiger partial charge < -0.3 is 4.98 Å². The molecule has 0 bridgehead atoms. The highest BCUT2D eigenvalue weighted by Crippen LogP contribution is 1.88. The highest BCUT2D eigenvalue weighted by Gasteiger charge is 1.72. The van der Waals surface area contributed by atoms with E-state index in [-0.39, 0.29) is 0 Å². The Bertz CT molecular complexity index is 221. The molecular formula is C15H29N3. The summed E-state index contributed by atoms with van der Waals surface area (Å²) in [5.74, 6) is 0. The molecule has 0 saturated carbocycles. The average molecular weight is 251 g/mol. The lowest BCUT2D eigenvalue weighted by atomic mass is 10.3. The molecule has 104 valence electrons. The van der Waals surface area contributed by atoms with Crippen molar-refractivity contribution < 1.29 is 0 Å². The van der Waals surface area contributed by atoms with Crippen molar-refractivity contribution in [2.45, 2.75) is 53.4 Å². The van der Waals surface area contributed by atoms with Gasteiger partial charge in [0.15, 0.2) is 0 Å². The molecule has 0 aliphatic carbocycles. The van der Waals surface area contributed by atoms with Crippen molar-refractivity contribution in [3.63, 3.8) is 0 Å². The first-order valence-corrected chi connectivity index (χ1v) is 6.90. The van der Waals surface area contributed by atoms with Crippen LogP contribution in [0.25, 0.3) is 0 Å². The SMILES string of the molecule is C1=CCN=C1.CCC.CCCCC.c1c[nH]cn1. The molecule has 1 aliphatic rings. The van der Waals surface area contributed by atoms with Gasteiger partial charge in [0.05, 0.1) is 12.9 Å². The first-order valence-electron chi connectivity index (χ1n) is 6.90. The highest BCUT2D eigenvalue weighted by molar-refractivity contribution is 5.73. The van der Waals surface area contributed by atoms with Crippen molar-refractivity contribution >= 4 is 6.21 Å². The van der Waals surface area contributed by atoms with E-state index < -0.39 is 0 Å². The molecule has 0 radical (unpaired) electrons. The minimum absolute atomic E-state index is 0.889. The van der Waals surface area contributed by atoms with Crippen molar-refractivity contribution in [1.82, 2.24) is 9.97 Å². The number of aromatic amines is 1. The van der Waals surface area contributed by atoms with E-state index in [1.807, 2.05) is 12.2 Å². The number of aromatic nitrogens is 2. The summed E-state index contributed by atoms with van der Waals surface area (Å²) in [6.07, 6.45) is 16.2. The lowest BCUT2D eigenvalue weighted by molar-refractivity contribution is 0.772. The van der Waals surface area contributed by atoms with Crippen LogP contribution in [0.15, 0.2) is 35.9 Å². The van der Waals surface area contributed by atoms with Crippen molar-refractivity contribution in [3.05, 3.63) is 30.9 Å². The number of rotatable bonds is 2. The van der Waals surface area contributed by atoms with Crippen molar-refractivity contribution in [2.24, 2.45) is 4.99 Å². The van der Waals surface area contributed by atoms with Crippen molar-refractivity contribution in [2.75, 3.05) is 6.54 Å². The van der Waals surface area contributed by atoms with Gasteiger partial charge in [0.25, 0.3) is 0 Å². The first-order chi connectivity index (χ1) is 8.83. The maximum absolute atomic E-state index is 3.85. The highest BCUT2D eigenvalue weighted by atomic mass is 14.8. The van der Waals surface area contributed by atoms with E-state index in [1.165, 1.54) is 25.7 Å². The smallest absolute Gasteiger partial charge is 0.0919 e. The molecule has 0 spiro atoms. The number of unbranched alkanes of at least 4 members (excludes halogenated alkanes) is 2. The Balaban J connectivity index is 0. The number of nitrogens with zero attached hydrogens (tertiary/aromatic N) is 2. The van der Waals surface area contributed by atoms with Gasteiger partial charge in [-0.25, -0.2) is 4.98 Å². The Morgan fingerprint density at radius 3 is 1.89 bits per heavy atom. The molecule has 1 N–H and O–H groups in total. The molecule has 3 nitrogen and oxygen atoms in total. The lowest BCUT2D eigenvalue weighted by Crippen LogP contribution is -1.59. The Hall–Kier alpha value is -1.38. The monoisotopic (exact) mass is 251 g/mol. The van der Waals surface area contributed by atoms with Crippen LogP contribution in [0.5, 0.6) is 0 Å². The predicted octanol–water partition coefficient (Wildman–Crippen LogP) is 4.65. The van der Waals surface area contributed by atoms with Crippen LogP contribution in [0.4, 0.5) is 0 Å². The predicted molar refractivity (Wildman–Crippen MR) is 82.3 cm³/mol. The fourth-order valence-electron chi connectivity index (χ4n) is 0.873. The van der Waals surface area contributed by atoms with Gasteiger partial charge in [-0.3, -0.25) is 4.99 Å². The third kappa shape index (κ3) is 24.0. The van der Waals surface area contributed by atoms with Gasteiger partial charge in [-0.1, -0.05) is 59.5 Å². The molecule has 1 aromatic rings. The molecule has 2 heterocycles. The molecule has 1 aliphatic heterocycles. The second-order valence-corrected chi connectivity index (χ2v) is 3.76. The van der Waals surface area contributed by atoms with Crippen LogP contribution in [0, 0.1) is 0 Å². The molecule has 0 unspecified atom stereocenters. The minimum Gasteiger partial charge on any atom is -0.351 e. The van der Waals surface area contributed by atoms with Crippen LogP contribution in [0.1, 0.15) is 53.4 Å². The molecular weight excluding hydrogens is 222 g/mol. The maximum Gasteiger partial charge on any atom is 0.0919 e.